The summed E-state index contributed by atoms with van der Waals surface area (Å²) in [5.41, 5.74) is 9.67. The van der Waals surface area contributed by atoms with E-state index in [0.717, 1.165) is 7.87 Å². The van der Waals surface area contributed by atoms with Crippen LogP contribution in [0.4, 0.5) is 0 Å². The first kappa shape index (κ1) is 27.5. The predicted octanol–water partition coefficient (Wildman–Crippen LogP) is 10.5. The third-order valence-electron chi connectivity index (χ3n) is 10.7. The Morgan fingerprint density at radius 1 is 0.543 bits per heavy atom. The molecule has 0 spiro atoms. The summed E-state index contributed by atoms with van der Waals surface area (Å²) < 4.78 is 10.1. The summed E-state index contributed by atoms with van der Waals surface area (Å²) in [5.74, 6) is 0. The first-order valence-corrected chi connectivity index (χ1v) is 29.8. The third-order valence-corrected chi connectivity index (χ3v) is 45.1. The molecule has 0 heterocycles. The van der Waals surface area contributed by atoms with E-state index < -0.39 is 36.8 Å². The molecule has 0 radical (unpaired) electrons. The Balaban J connectivity index is 1.89. The fourth-order valence-electron chi connectivity index (χ4n) is 7.79. The van der Waals surface area contributed by atoms with Crippen LogP contribution in [-0.4, -0.2) is 36.8 Å². The van der Waals surface area contributed by atoms with Gasteiger partial charge in [-0.3, -0.25) is 0 Å². The number of hydrogen-bond acceptors (Lipinski definition) is 0. The SMILES string of the molecule is C[CH2][Sn]([CH2]C)([CH2]C)[CH]1C=C(C(C)(C)C2=C[CH]([Sn]([CH2]C)([CH2]C)[CH2]C)c3ccccc32)c2ccccc21. The van der Waals surface area contributed by atoms with Gasteiger partial charge in [0.05, 0.1) is 0 Å². The van der Waals surface area contributed by atoms with Crippen molar-refractivity contribution in [3.05, 3.63) is 82.9 Å². The molecule has 188 valence electrons. The molecule has 0 aliphatic heterocycles. The van der Waals surface area contributed by atoms with E-state index in [9.17, 15) is 0 Å². The molecule has 2 aliphatic rings. The molecular formula is C33H48Sn2. The first-order valence-electron chi connectivity index (χ1n) is 14.4. The molecule has 0 saturated carbocycles. The number of fused-ring (bicyclic) bond motifs is 2. The maximum atomic E-state index is 2.80. The second-order valence-corrected chi connectivity index (χ2v) is 43.0. The molecule has 4 rings (SSSR count). The van der Waals surface area contributed by atoms with Crippen molar-refractivity contribution in [1.82, 2.24) is 0 Å². The Hall–Kier alpha value is -0.483. The van der Waals surface area contributed by atoms with Crippen LogP contribution < -0.4 is 0 Å². The topological polar surface area (TPSA) is 0 Å². The zero-order chi connectivity index (χ0) is 25.4. The summed E-state index contributed by atoms with van der Waals surface area (Å²) in [6, 6.07) is 19.0. The molecule has 2 heteroatoms. The van der Waals surface area contributed by atoms with Crippen LogP contribution in [0.25, 0.3) is 11.1 Å². The van der Waals surface area contributed by atoms with E-state index in [1.165, 1.54) is 26.6 Å². The van der Waals surface area contributed by atoms with Crippen LogP contribution in [-0.2, 0) is 0 Å². The van der Waals surface area contributed by atoms with Gasteiger partial charge in [0.25, 0.3) is 0 Å². The number of allylic oxidation sites excluding steroid dienone is 4. The van der Waals surface area contributed by atoms with Crippen molar-refractivity contribution in [3.63, 3.8) is 0 Å². The van der Waals surface area contributed by atoms with Crippen LogP contribution in [0.15, 0.2) is 60.7 Å². The molecule has 0 bridgehead atoms. The molecule has 35 heavy (non-hydrogen) atoms. The van der Waals surface area contributed by atoms with E-state index in [1.807, 2.05) is 0 Å². The van der Waals surface area contributed by atoms with Gasteiger partial charge in [-0.1, -0.05) is 0 Å². The number of hydrogen-bond donors (Lipinski definition) is 0. The average Bonchev–Trinajstić information content (AvgIpc) is 3.49. The number of rotatable bonds is 10. The molecule has 0 nitrogen and oxygen atoms in total. The fraction of sp³-hybridized carbons (Fsp3) is 0.515. The van der Waals surface area contributed by atoms with Gasteiger partial charge in [-0.15, -0.1) is 0 Å². The molecule has 2 aromatic carbocycles. The van der Waals surface area contributed by atoms with Gasteiger partial charge in [0.2, 0.25) is 0 Å². The predicted molar refractivity (Wildman–Crippen MR) is 162 cm³/mol. The summed E-state index contributed by atoms with van der Waals surface area (Å²) >= 11 is -4.63. The average molecular weight is 682 g/mol. The zero-order valence-corrected chi connectivity index (χ0v) is 29.4. The molecule has 0 fully saturated rings. The second kappa shape index (κ2) is 10.7. The maximum absolute atomic E-state index is 2.80. The van der Waals surface area contributed by atoms with E-state index >= 15 is 0 Å². The van der Waals surface area contributed by atoms with Crippen molar-refractivity contribution in [1.29, 1.82) is 0 Å². The van der Waals surface area contributed by atoms with Crippen molar-refractivity contribution in [2.24, 2.45) is 5.41 Å². The Morgan fingerprint density at radius 3 is 1.17 bits per heavy atom. The number of benzene rings is 2. The summed E-state index contributed by atoms with van der Waals surface area (Å²) in [7, 11) is 0. The van der Waals surface area contributed by atoms with Gasteiger partial charge in [-0.2, -0.15) is 0 Å². The van der Waals surface area contributed by atoms with Crippen LogP contribution in [0.3, 0.4) is 0 Å². The van der Waals surface area contributed by atoms with Gasteiger partial charge in [-0.25, -0.2) is 0 Å². The Morgan fingerprint density at radius 2 is 0.857 bits per heavy atom. The van der Waals surface area contributed by atoms with Crippen molar-refractivity contribution in [2.45, 2.75) is 89.9 Å². The standard InChI is InChI=1S/C21H18.6C2H5.2Sn/c1-21(2,19-13-11-15-7-3-5-9-17(15)19)20-14-12-16-8-4-6-10-18(16)20;6*1-2;;/h3-14H,1-2H3;6*1H2,2H3;;. The molecule has 2 aromatic rings. The van der Waals surface area contributed by atoms with Gasteiger partial charge in [0.1, 0.15) is 0 Å². The second-order valence-electron chi connectivity index (χ2n) is 11.8. The van der Waals surface area contributed by atoms with Crippen molar-refractivity contribution >= 4 is 47.9 Å². The summed E-state index contributed by atoms with van der Waals surface area (Å²) in [6.07, 6.45) is 5.59. The van der Waals surface area contributed by atoms with Gasteiger partial charge in [-0.05, 0) is 0 Å². The molecule has 0 saturated heterocycles. The normalized spacial score (nSPS) is 19.9. The molecular weight excluding hydrogens is 634 g/mol. The van der Waals surface area contributed by atoms with Crippen LogP contribution in [0.2, 0.25) is 26.6 Å². The van der Waals surface area contributed by atoms with Crippen LogP contribution in [0.5, 0.6) is 0 Å². The molecule has 0 amide bonds. The van der Waals surface area contributed by atoms with E-state index in [4.69, 9.17) is 0 Å². The van der Waals surface area contributed by atoms with E-state index in [1.54, 1.807) is 33.4 Å². The summed E-state index contributed by atoms with van der Waals surface area (Å²) in [4.78, 5) is 0. The molecule has 2 atom stereocenters. The summed E-state index contributed by atoms with van der Waals surface area (Å²) in [5, 5.41) is 0. The third kappa shape index (κ3) is 4.35. The van der Waals surface area contributed by atoms with Crippen LogP contribution in [0, 0.1) is 5.41 Å². The van der Waals surface area contributed by atoms with E-state index in [-0.39, 0.29) is 5.41 Å². The van der Waals surface area contributed by atoms with Gasteiger partial charge in [0.15, 0.2) is 0 Å². The first-order chi connectivity index (χ1) is 16.8. The quantitative estimate of drug-likeness (QED) is 0.219. The van der Waals surface area contributed by atoms with Crippen molar-refractivity contribution < 1.29 is 0 Å². The minimum atomic E-state index is -2.31. The van der Waals surface area contributed by atoms with Gasteiger partial charge >= 0.3 is 226 Å². The minimum absolute atomic E-state index is 0.0232. The Labute approximate surface area is 224 Å². The molecule has 0 aromatic heterocycles. The van der Waals surface area contributed by atoms with E-state index in [2.05, 4.69) is 116 Å². The molecule has 2 unspecified atom stereocenters. The van der Waals surface area contributed by atoms with Crippen LogP contribution >= 0.6 is 0 Å². The van der Waals surface area contributed by atoms with Crippen molar-refractivity contribution in [3.8, 4) is 0 Å². The molecule has 0 N–H and O–H groups in total. The van der Waals surface area contributed by atoms with Crippen molar-refractivity contribution in [2.75, 3.05) is 0 Å². The van der Waals surface area contributed by atoms with Gasteiger partial charge in [0, 0.05) is 0 Å². The van der Waals surface area contributed by atoms with E-state index in [0.29, 0.717) is 0 Å². The van der Waals surface area contributed by atoms with Gasteiger partial charge < -0.3 is 0 Å². The van der Waals surface area contributed by atoms with Crippen LogP contribution in [0.1, 0.15) is 85.5 Å². The zero-order valence-electron chi connectivity index (χ0n) is 23.7. The Kier molecular flexibility index (Phi) is 8.43. The fourth-order valence-corrected chi connectivity index (χ4v) is 32.1. The summed E-state index contributed by atoms with van der Waals surface area (Å²) in [6.45, 7) is 20.0. The molecule has 2 aliphatic carbocycles. The monoisotopic (exact) mass is 684 g/mol. The Bertz CT molecular complexity index is 1010.